The molecule has 0 aliphatic heterocycles. The standard InChI is InChI=1S/C22H32O3/c1-3-5-6-7-17-24-20-13-9-18(10-14-20)19-11-15-21(16-12-19)25-22(23)8-4-2/h4,8-10,13-14,19,21H,3,5-7,11-12,15-17H2,1-2H3. The van der Waals surface area contributed by atoms with Gasteiger partial charge in [-0.1, -0.05) is 44.4 Å². The van der Waals surface area contributed by atoms with Crippen molar-refractivity contribution in [2.45, 2.75) is 77.2 Å². The van der Waals surface area contributed by atoms with Crippen LogP contribution in [-0.4, -0.2) is 18.7 Å². The molecule has 0 saturated heterocycles. The topological polar surface area (TPSA) is 35.5 Å². The Morgan fingerprint density at radius 3 is 2.44 bits per heavy atom. The number of hydrogen-bond acceptors (Lipinski definition) is 3. The van der Waals surface area contributed by atoms with Gasteiger partial charge in [-0.2, -0.15) is 0 Å². The molecule has 1 aromatic carbocycles. The summed E-state index contributed by atoms with van der Waals surface area (Å²) in [6.07, 6.45) is 12.3. The summed E-state index contributed by atoms with van der Waals surface area (Å²) >= 11 is 0. The van der Waals surface area contributed by atoms with Gasteiger partial charge >= 0.3 is 5.97 Å². The molecule has 25 heavy (non-hydrogen) atoms. The van der Waals surface area contributed by atoms with Gasteiger partial charge in [0.2, 0.25) is 0 Å². The molecule has 1 aromatic rings. The molecule has 0 atom stereocenters. The van der Waals surface area contributed by atoms with E-state index in [1.165, 1.54) is 30.9 Å². The van der Waals surface area contributed by atoms with E-state index in [0.717, 1.165) is 44.5 Å². The molecule has 2 rings (SSSR count). The molecule has 0 bridgehead atoms. The van der Waals surface area contributed by atoms with Crippen LogP contribution in [0.2, 0.25) is 0 Å². The van der Waals surface area contributed by atoms with Crippen LogP contribution in [0, 0.1) is 0 Å². The average Bonchev–Trinajstić information content (AvgIpc) is 2.63. The van der Waals surface area contributed by atoms with Crippen LogP contribution in [0.5, 0.6) is 5.75 Å². The SMILES string of the molecule is CC=CC(=O)OC1CCC(c2ccc(OCCCCCC)cc2)CC1. The van der Waals surface area contributed by atoms with Crippen LogP contribution in [0.3, 0.4) is 0 Å². The first-order chi connectivity index (χ1) is 12.2. The van der Waals surface area contributed by atoms with Crippen LogP contribution in [0.25, 0.3) is 0 Å². The predicted molar refractivity (Wildman–Crippen MR) is 102 cm³/mol. The Balaban J connectivity index is 1.73. The van der Waals surface area contributed by atoms with Crippen molar-refractivity contribution in [1.82, 2.24) is 0 Å². The summed E-state index contributed by atoms with van der Waals surface area (Å²) in [5.41, 5.74) is 1.37. The highest BCUT2D eigenvalue weighted by atomic mass is 16.5. The maximum atomic E-state index is 11.5. The van der Waals surface area contributed by atoms with Gasteiger partial charge in [0.1, 0.15) is 11.9 Å². The van der Waals surface area contributed by atoms with E-state index >= 15 is 0 Å². The van der Waals surface area contributed by atoms with Crippen LogP contribution in [-0.2, 0) is 9.53 Å². The molecule has 0 unspecified atom stereocenters. The number of rotatable bonds is 9. The van der Waals surface area contributed by atoms with Crippen molar-refractivity contribution in [2.75, 3.05) is 6.61 Å². The van der Waals surface area contributed by atoms with Crippen molar-refractivity contribution in [3.05, 3.63) is 42.0 Å². The van der Waals surface area contributed by atoms with Crippen LogP contribution < -0.4 is 4.74 Å². The summed E-state index contributed by atoms with van der Waals surface area (Å²) in [7, 11) is 0. The molecular weight excluding hydrogens is 312 g/mol. The normalized spacial score (nSPS) is 20.6. The third-order valence-electron chi connectivity index (χ3n) is 4.88. The summed E-state index contributed by atoms with van der Waals surface area (Å²) in [6.45, 7) is 4.86. The van der Waals surface area contributed by atoms with Gasteiger partial charge in [-0.25, -0.2) is 4.79 Å². The summed E-state index contributed by atoms with van der Waals surface area (Å²) in [5, 5.41) is 0. The highest BCUT2D eigenvalue weighted by Gasteiger charge is 2.24. The fourth-order valence-electron chi connectivity index (χ4n) is 3.41. The summed E-state index contributed by atoms with van der Waals surface area (Å²) in [5.74, 6) is 1.32. The predicted octanol–water partition coefficient (Wildman–Crippen LogP) is 5.79. The van der Waals surface area contributed by atoms with Crippen LogP contribution >= 0.6 is 0 Å². The minimum absolute atomic E-state index is 0.0747. The second-order valence-corrected chi connectivity index (χ2v) is 6.89. The second-order valence-electron chi connectivity index (χ2n) is 6.89. The molecule has 3 heteroatoms. The zero-order valence-electron chi connectivity index (χ0n) is 15.7. The number of esters is 1. The average molecular weight is 344 g/mol. The Bertz CT molecular complexity index is 525. The Kier molecular flexibility index (Phi) is 8.58. The third-order valence-corrected chi connectivity index (χ3v) is 4.88. The molecule has 1 aliphatic carbocycles. The lowest BCUT2D eigenvalue weighted by atomic mass is 9.83. The van der Waals surface area contributed by atoms with Gasteiger partial charge in [0, 0.05) is 6.08 Å². The fraction of sp³-hybridized carbons (Fsp3) is 0.591. The molecule has 0 spiro atoms. The Morgan fingerprint density at radius 1 is 1.08 bits per heavy atom. The first kappa shape index (κ1) is 19.6. The summed E-state index contributed by atoms with van der Waals surface area (Å²) in [4.78, 5) is 11.5. The first-order valence-electron chi connectivity index (χ1n) is 9.79. The van der Waals surface area contributed by atoms with Gasteiger partial charge in [0.15, 0.2) is 0 Å². The van der Waals surface area contributed by atoms with Crippen LogP contribution in [0.4, 0.5) is 0 Å². The maximum absolute atomic E-state index is 11.5. The largest absolute Gasteiger partial charge is 0.494 e. The van der Waals surface area contributed by atoms with Gasteiger partial charge in [0.25, 0.3) is 0 Å². The second kappa shape index (κ2) is 11.0. The van der Waals surface area contributed by atoms with E-state index in [1.54, 1.807) is 6.08 Å². The van der Waals surface area contributed by atoms with Crippen LogP contribution in [0.1, 0.15) is 76.7 Å². The molecule has 3 nitrogen and oxygen atoms in total. The first-order valence-corrected chi connectivity index (χ1v) is 9.79. The van der Waals surface area contributed by atoms with Gasteiger partial charge in [0.05, 0.1) is 6.61 Å². The molecule has 1 aliphatic rings. The number of ether oxygens (including phenoxy) is 2. The summed E-state index contributed by atoms with van der Waals surface area (Å²) < 4.78 is 11.3. The van der Waals surface area contributed by atoms with E-state index in [9.17, 15) is 4.79 Å². The Hall–Kier alpha value is -1.77. The minimum atomic E-state index is -0.216. The highest BCUT2D eigenvalue weighted by Crippen LogP contribution is 2.34. The third kappa shape index (κ3) is 6.93. The monoisotopic (exact) mass is 344 g/mol. The van der Waals surface area contributed by atoms with Crippen molar-refractivity contribution >= 4 is 5.97 Å². The van der Waals surface area contributed by atoms with E-state index in [4.69, 9.17) is 9.47 Å². The zero-order valence-corrected chi connectivity index (χ0v) is 15.7. The molecule has 1 saturated carbocycles. The van der Waals surface area contributed by atoms with Gasteiger partial charge in [-0.15, -0.1) is 0 Å². The fourth-order valence-corrected chi connectivity index (χ4v) is 3.41. The van der Waals surface area contributed by atoms with E-state index in [0.29, 0.717) is 5.92 Å². The number of allylic oxidation sites excluding steroid dienone is 1. The molecule has 0 radical (unpaired) electrons. The van der Waals surface area contributed by atoms with E-state index < -0.39 is 0 Å². The quantitative estimate of drug-likeness (QED) is 0.323. The number of carbonyl (C=O) groups is 1. The van der Waals surface area contributed by atoms with Crippen molar-refractivity contribution in [1.29, 1.82) is 0 Å². The minimum Gasteiger partial charge on any atom is -0.494 e. The van der Waals surface area contributed by atoms with Crippen LogP contribution in [0.15, 0.2) is 36.4 Å². The molecule has 0 amide bonds. The van der Waals surface area contributed by atoms with Crippen molar-refractivity contribution in [2.24, 2.45) is 0 Å². The number of unbranched alkanes of at least 4 members (excludes halogenated alkanes) is 3. The molecule has 1 fully saturated rings. The van der Waals surface area contributed by atoms with E-state index in [-0.39, 0.29) is 12.1 Å². The number of benzene rings is 1. The summed E-state index contributed by atoms with van der Waals surface area (Å²) in [6, 6.07) is 8.57. The van der Waals surface area contributed by atoms with Crippen molar-refractivity contribution in [3.63, 3.8) is 0 Å². The molecule has 0 heterocycles. The van der Waals surface area contributed by atoms with E-state index in [1.807, 2.05) is 6.92 Å². The van der Waals surface area contributed by atoms with Gasteiger partial charge < -0.3 is 9.47 Å². The molecule has 0 N–H and O–H groups in total. The molecule has 138 valence electrons. The molecule has 0 aromatic heterocycles. The van der Waals surface area contributed by atoms with Gasteiger partial charge in [-0.3, -0.25) is 0 Å². The Labute approximate surface area is 152 Å². The highest BCUT2D eigenvalue weighted by molar-refractivity contribution is 5.81. The lowest BCUT2D eigenvalue weighted by Crippen LogP contribution is -2.23. The Morgan fingerprint density at radius 2 is 1.80 bits per heavy atom. The zero-order chi connectivity index (χ0) is 17.9. The maximum Gasteiger partial charge on any atom is 0.330 e. The van der Waals surface area contributed by atoms with E-state index in [2.05, 4.69) is 31.2 Å². The van der Waals surface area contributed by atoms with Crippen molar-refractivity contribution < 1.29 is 14.3 Å². The molecular formula is C22H32O3. The number of hydrogen-bond donors (Lipinski definition) is 0. The lowest BCUT2D eigenvalue weighted by molar-refractivity contribution is -0.144. The van der Waals surface area contributed by atoms with Crippen molar-refractivity contribution in [3.8, 4) is 5.75 Å². The number of carbonyl (C=O) groups excluding carboxylic acids is 1. The smallest absolute Gasteiger partial charge is 0.330 e. The van der Waals surface area contributed by atoms with Gasteiger partial charge in [-0.05, 0) is 62.6 Å². The lowest BCUT2D eigenvalue weighted by Gasteiger charge is -2.28.